The molecule has 7 heteroatoms. The average Bonchev–Trinajstić information content (AvgIpc) is 2.76. The normalized spacial score (nSPS) is 18.6. The summed E-state index contributed by atoms with van der Waals surface area (Å²) < 4.78 is 12.2. The van der Waals surface area contributed by atoms with E-state index in [1.165, 1.54) is 12.7 Å². The third kappa shape index (κ3) is 6.28. The fraction of sp³-hybridized carbons (Fsp3) is 0.391. The smallest absolute Gasteiger partial charge is 0.339 e. The van der Waals surface area contributed by atoms with Crippen LogP contribution in [0.25, 0.3) is 0 Å². The highest BCUT2D eigenvalue weighted by molar-refractivity contribution is 14.1. The topological polar surface area (TPSA) is 64.6 Å². The molecular formula is C23H25BrINO4. The van der Waals surface area contributed by atoms with E-state index in [4.69, 9.17) is 9.47 Å². The largest absolute Gasteiger partial charge is 0.465 e. The maximum Gasteiger partial charge on any atom is 0.339 e. The van der Waals surface area contributed by atoms with Crippen molar-refractivity contribution < 1.29 is 19.1 Å². The lowest BCUT2D eigenvalue weighted by molar-refractivity contribution is -0.121. The number of hydrogen-bond donors (Lipinski definition) is 1. The summed E-state index contributed by atoms with van der Waals surface area (Å²) in [5, 5.41) is 3.00. The Bertz CT molecular complexity index is 882. The molecule has 0 spiro atoms. The van der Waals surface area contributed by atoms with E-state index in [9.17, 15) is 9.59 Å². The fourth-order valence-corrected chi connectivity index (χ4v) is 5.19. The van der Waals surface area contributed by atoms with Crippen LogP contribution in [0, 0.1) is 15.4 Å². The quantitative estimate of drug-likeness (QED) is 0.329. The number of methoxy groups -OCH3 is 1. The third-order valence-corrected chi connectivity index (χ3v) is 6.95. The molecule has 1 fully saturated rings. The molecule has 5 nitrogen and oxygen atoms in total. The highest BCUT2D eigenvalue weighted by atomic mass is 127. The van der Waals surface area contributed by atoms with Crippen LogP contribution in [0.2, 0.25) is 0 Å². The number of hydrogen-bond acceptors (Lipinski definition) is 4. The monoisotopic (exact) mass is 585 g/mol. The fourth-order valence-electron chi connectivity index (χ4n) is 3.65. The third-order valence-electron chi connectivity index (χ3n) is 5.40. The molecule has 1 amide bonds. The zero-order chi connectivity index (χ0) is 21.5. The van der Waals surface area contributed by atoms with Gasteiger partial charge in [0.1, 0.15) is 0 Å². The maximum absolute atomic E-state index is 12.8. The molecule has 2 aromatic carbocycles. The number of nitrogens with one attached hydrogen (secondary N) is 1. The van der Waals surface area contributed by atoms with E-state index in [-0.39, 0.29) is 11.8 Å². The first kappa shape index (κ1) is 23.2. The summed E-state index contributed by atoms with van der Waals surface area (Å²) in [6, 6.07) is 13.6. The predicted octanol–water partition coefficient (Wildman–Crippen LogP) is 5.80. The zero-order valence-corrected chi connectivity index (χ0v) is 20.6. The van der Waals surface area contributed by atoms with Crippen LogP contribution in [0.3, 0.4) is 0 Å². The average molecular weight is 586 g/mol. The van der Waals surface area contributed by atoms with Crippen molar-refractivity contribution in [2.24, 2.45) is 11.8 Å². The van der Waals surface area contributed by atoms with E-state index >= 15 is 0 Å². The number of anilines is 1. The van der Waals surface area contributed by atoms with E-state index in [0.29, 0.717) is 28.2 Å². The number of rotatable bonds is 7. The van der Waals surface area contributed by atoms with Gasteiger partial charge in [0.05, 0.1) is 25.0 Å². The van der Waals surface area contributed by atoms with Crippen LogP contribution in [-0.2, 0) is 20.9 Å². The second kappa shape index (κ2) is 11.2. The number of benzene rings is 2. The lowest BCUT2D eigenvalue weighted by atomic mass is 9.82. The second-order valence-electron chi connectivity index (χ2n) is 7.51. The number of amides is 1. The summed E-state index contributed by atoms with van der Waals surface area (Å²) in [7, 11) is 1.34. The van der Waals surface area contributed by atoms with Crippen LogP contribution in [-0.4, -0.2) is 25.6 Å². The van der Waals surface area contributed by atoms with Crippen LogP contribution in [0.1, 0.15) is 41.6 Å². The van der Waals surface area contributed by atoms with Gasteiger partial charge in [-0.2, -0.15) is 0 Å². The molecule has 1 aliphatic carbocycles. The maximum atomic E-state index is 12.8. The van der Waals surface area contributed by atoms with Gasteiger partial charge in [0, 0.05) is 20.6 Å². The Labute approximate surface area is 199 Å². The molecule has 160 valence electrons. The minimum atomic E-state index is -0.440. The van der Waals surface area contributed by atoms with Crippen LogP contribution >= 0.6 is 38.5 Å². The standard InChI is InChI=1S/C23H25BrINO4/c1-29-23(28)18-11-21(20(25)12-19(18)24)26-22(27)17-9-7-16(8-10-17)14-30-13-15-5-3-2-4-6-15/h2-6,11-12,16-17H,7-10,13-14H2,1H3,(H,26,27)/t16-,17-. The van der Waals surface area contributed by atoms with Crippen molar-refractivity contribution in [3.63, 3.8) is 0 Å². The molecule has 0 saturated heterocycles. The number of halogens is 2. The Kier molecular flexibility index (Phi) is 8.71. The van der Waals surface area contributed by atoms with E-state index < -0.39 is 5.97 Å². The van der Waals surface area contributed by atoms with Gasteiger partial charge in [0.2, 0.25) is 5.91 Å². The Morgan fingerprint density at radius 2 is 1.83 bits per heavy atom. The highest BCUT2D eigenvalue weighted by Crippen LogP contribution is 2.32. The minimum absolute atomic E-state index is 0.00899. The van der Waals surface area contributed by atoms with E-state index in [1.807, 2.05) is 24.3 Å². The molecular weight excluding hydrogens is 561 g/mol. The minimum Gasteiger partial charge on any atom is -0.465 e. The van der Waals surface area contributed by atoms with Crippen LogP contribution in [0.15, 0.2) is 46.9 Å². The highest BCUT2D eigenvalue weighted by Gasteiger charge is 2.27. The van der Waals surface area contributed by atoms with Gasteiger partial charge in [-0.15, -0.1) is 0 Å². The van der Waals surface area contributed by atoms with E-state index in [0.717, 1.165) is 35.9 Å². The molecule has 1 aliphatic rings. The molecule has 0 unspecified atom stereocenters. The molecule has 0 heterocycles. The van der Waals surface area contributed by atoms with Crippen molar-refractivity contribution >= 4 is 56.1 Å². The van der Waals surface area contributed by atoms with Gasteiger partial charge < -0.3 is 14.8 Å². The van der Waals surface area contributed by atoms with Gasteiger partial charge in [-0.25, -0.2) is 4.79 Å². The Balaban J connectivity index is 1.49. The van der Waals surface area contributed by atoms with Crippen molar-refractivity contribution in [2.45, 2.75) is 32.3 Å². The number of carbonyl (C=O) groups is 2. The van der Waals surface area contributed by atoms with Crippen LogP contribution in [0.5, 0.6) is 0 Å². The molecule has 3 rings (SSSR count). The van der Waals surface area contributed by atoms with Gasteiger partial charge in [-0.1, -0.05) is 30.3 Å². The summed E-state index contributed by atoms with van der Waals surface area (Å²) in [6.07, 6.45) is 3.67. The SMILES string of the molecule is COC(=O)c1cc(NC(=O)[C@H]2CC[C@H](COCc3ccccc3)CC2)c(I)cc1Br. The number of carbonyl (C=O) groups excluding carboxylic acids is 2. The van der Waals surface area contributed by atoms with E-state index in [2.05, 4.69) is 56.0 Å². The van der Waals surface area contributed by atoms with Crippen LogP contribution in [0.4, 0.5) is 5.69 Å². The van der Waals surface area contributed by atoms with Crippen LogP contribution < -0.4 is 5.32 Å². The number of ether oxygens (including phenoxy) is 2. The first-order valence-corrected chi connectivity index (χ1v) is 11.8. The second-order valence-corrected chi connectivity index (χ2v) is 9.53. The molecule has 1 N–H and O–H groups in total. The Morgan fingerprint density at radius 1 is 1.13 bits per heavy atom. The van der Waals surface area contributed by atoms with Crippen molar-refractivity contribution in [1.29, 1.82) is 0 Å². The van der Waals surface area contributed by atoms with Gasteiger partial charge in [-0.3, -0.25) is 4.79 Å². The number of esters is 1. The molecule has 30 heavy (non-hydrogen) atoms. The summed E-state index contributed by atoms with van der Waals surface area (Å²) in [4.78, 5) is 24.7. The molecule has 0 bridgehead atoms. The summed E-state index contributed by atoms with van der Waals surface area (Å²) in [6.45, 7) is 1.36. The van der Waals surface area contributed by atoms with Crippen molar-refractivity contribution in [2.75, 3.05) is 19.0 Å². The Morgan fingerprint density at radius 3 is 2.50 bits per heavy atom. The van der Waals surface area contributed by atoms with Gasteiger partial charge in [0.25, 0.3) is 0 Å². The Hall–Kier alpha value is -1.45. The van der Waals surface area contributed by atoms with Crippen molar-refractivity contribution in [3.8, 4) is 0 Å². The molecule has 0 radical (unpaired) electrons. The molecule has 0 atom stereocenters. The molecule has 2 aromatic rings. The lowest BCUT2D eigenvalue weighted by Gasteiger charge is -2.27. The summed E-state index contributed by atoms with van der Waals surface area (Å²) in [5.74, 6) is 0.0485. The molecule has 0 aliphatic heterocycles. The lowest BCUT2D eigenvalue weighted by Crippen LogP contribution is -2.28. The van der Waals surface area contributed by atoms with Crippen molar-refractivity contribution in [1.82, 2.24) is 0 Å². The van der Waals surface area contributed by atoms with Gasteiger partial charge >= 0.3 is 5.97 Å². The van der Waals surface area contributed by atoms with Gasteiger partial charge in [-0.05, 0) is 87.8 Å². The molecule has 0 aromatic heterocycles. The van der Waals surface area contributed by atoms with Crippen molar-refractivity contribution in [3.05, 3.63) is 61.6 Å². The van der Waals surface area contributed by atoms with Gasteiger partial charge in [0.15, 0.2) is 0 Å². The first-order chi connectivity index (χ1) is 14.5. The summed E-state index contributed by atoms with van der Waals surface area (Å²) in [5.41, 5.74) is 2.21. The first-order valence-electron chi connectivity index (χ1n) is 9.97. The predicted molar refractivity (Wildman–Crippen MR) is 128 cm³/mol. The summed E-state index contributed by atoms with van der Waals surface area (Å²) >= 11 is 5.53. The molecule has 1 saturated carbocycles. The zero-order valence-electron chi connectivity index (χ0n) is 16.8. The van der Waals surface area contributed by atoms with E-state index in [1.54, 1.807) is 6.07 Å².